The van der Waals surface area contributed by atoms with E-state index in [1.54, 1.807) is 18.2 Å². The fourth-order valence-electron chi connectivity index (χ4n) is 2.74. The number of amides is 1. The van der Waals surface area contributed by atoms with Gasteiger partial charge in [-0.1, -0.05) is 35.2 Å². The lowest BCUT2D eigenvalue weighted by molar-refractivity contribution is -0.130. The van der Waals surface area contributed by atoms with Crippen molar-refractivity contribution in [1.82, 2.24) is 5.32 Å². The Kier molecular flexibility index (Phi) is 5.84. The van der Waals surface area contributed by atoms with Gasteiger partial charge in [0.15, 0.2) is 6.10 Å². The predicted octanol–water partition coefficient (Wildman–Crippen LogP) is 2.92. The number of hydrogen-bond acceptors (Lipinski definition) is 5. The summed E-state index contributed by atoms with van der Waals surface area (Å²) in [7, 11) is 0. The number of nitriles is 1. The number of nitrogen functional groups attached to an aromatic ring is 1. The van der Waals surface area contributed by atoms with Crippen LogP contribution >= 0.6 is 15.9 Å². The number of rotatable bonds is 4. The van der Waals surface area contributed by atoms with Crippen LogP contribution in [0.25, 0.3) is 0 Å². The fourth-order valence-corrected chi connectivity index (χ4v) is 3.10. The zero-order valence-corrected chi connectivity index (χ0v) is 15.1. The van der Waals surface area contributed by atoms with E-state index < -0.39 is 23.5 Å². The quantitative estimate of drug-likeness (QED) is 0.604. The number of anilines is 1. The second-order valence-electron chi connectivity index (χ2n) is 6.02. The smallest absolute Gasteiger partial charge is 0.341 e. The van der Waals surface area contributed by atoms with Gasteiger partial charge in [-0.3, -0.25) is 4.79 Å². The minimum Gasteiger partial charge on any atom is -0.449 e. The third-order valence-corrected chi connectivity index (χ3v) is 4.67. The van der Waals surface area contributed by atoms with E-state index >= 15 is 0 Å². The first-order valence-corrected chi connectivity index (χ1v) is 8.65. The van der Waals surface area contributed by atoms with E-state index in [0.29, 0.717) is 17.3 Å². The molecule has 1 aliphatic rings. The van der Waals surface area contributed by atoms with E-state index in [9.17, 15) is 14.9 Å². The van der Waals surface area contributed by atoms with Crippen molar-refractivity contribution < 1.29 is 14.3 Å². The maximum Gasteiger partial charge on any atom is 0.341 e. The third-order valence-electron chi connectivity index (χ3n) is 4.17. The van der Waals surface area contributed by atoms with E-state index in [-0.39, 0.29) is 11.3 Å². The van der Waals surface area contributed by atoms with Gasteiger partial charge in [-0.25, -0.2) is 4.79 Å². The first kappa shape index (κ1) is 18.3. The van der Waals surface area contributed by atoms with Crippen molar-refractivity contribution in [2.75, 3.05) is 5.73 Å². The number of carbonyl (C=O) groups is 2. The molecule has 1 fully saturated rings. The molecule has 6 nitrogen and oxygen atoms in total. The maximum atomic E-state index is 12.3. The predicted molar refractivity (Wildman–Crippen MR) is 93.0 cm³/mol. The first-order valence-electron chi connectivity index (χ1n) is 7.86. The molecule has 0 spiro atoms. The second-order valence-corrected chi connectivity index (χ2v) is 6.94. The summed E-state index contributed by atoms with van der Waals surface area (Å²) in [5.41, 5.74) is 5.38. The monoisotopic (exact) mass is 393 g/mol. The summed E-state index contributed by atoms with van der Waals surface area (Å²) in [6, 6.07) is 7.04. The zero-order chi connectivity index (χ0) is 17.7. The van der Waals surface area contributed by atoms with Gasteiger partial charge in [0.05, 0.1) is 11.6 Å². The minimum absolute atomic E-state index is 0.191. The number of nitrogens with one attached hydrogen (secondary N) is 1. The van der Waals surface area contributed by atoms with Crippen molar-refractivity contribution in [1.29, 1.82) is 5.26 Å². The summed E-state index contributed by atoms with van der Waals surface area (Å²) in [4.78, 5) is 24.5. The summed E-state index contributed by atoms with van der Waals surface area (Å²) < 4.78 is 5.89. The Bertz CT molecular complexity index is 678. The van der Waals surface area contributed by atoms with Gasteiger partial charge in [0.1, 0.15) is 5.54 Å². The lowest BCUT2D eigenvalue weighted by Crippen LogP contribution is -2.52. The Morgan fingerprint density at radius 1 is 1.38 bits per heavy atom. The first-order chi connectivity index (χ1) is 11.4. The maximum absolute atomic E-state index is 12.3. The van der Waals surface area contributed by atoms with Crippen LogP contribution in [0.3, 0.4) is 0 Å². The molecule has 0 radical (unpaired) electrons. The van der Waals surface area contributed by atoms with Gasteiger partial charge in [0.25, 0.3) is 5.91 Å². The largest absolute Gasteiger partial charge is 0.449 e. The SMILES string of the molecule is C[C@H](OC(=O)c1cc(Br)ccc1N)C(=O)NC1(C#N)CCCCC1. The summed E-state index contributed by atoms with van der Waals surface area (Å²) >= 11 is 3.26. The minimum atomic E-state index is -1.01. The highest BCUT2D eigenvalue weighted by molar-refractivity contribution is 9.10. The van der Waals surface area contributed by atoms with Crippen LogP contribution in [0.1, 0.15) is 49.4 Å². The molecule has 1 aromatic carbocycles. The topological polar surface area (TPSA) is 105 Å². The molecule has 1 aliphatic carbocycles. The average Bonchev–Trinajstić information content (AvgIpc) is 2.57. The number of hydrogen-bond donors (Lipinski definition) is 2. The highest BCUT2D eigenvalue weighted by Crippen LogP contribution is 2.27. The molecule has 3 N–H and O–H groups in total. The molecule has 0 heterocycles. The highest BCUT2D eigenvalue weighted by atomic mass is 79.9. The average molecular weight is 394 g/mol. The highest BCUT2D eigenvalue weighted by Gasteiger charge is 2.35. The Labute approximate surface area is 149 Å². The lowest BCUT2D eigenvalue weighted by atomic mass is 9.83. The van der Waals surface area contributed by atoms with Crippen molar-refractivity contribution in [3.05, 3.63) is 28.2 Å². The molecule has 1 aromatic rings. The number of esters is 1. The molecule has 1 atom stereocenters. The molecule has 0 aromatic heterocycles. The van der Waals surface area contributed by atoms with Crippen LogP contribution in [-0.4, -0.2) is 23.5 Å². The molecule has 0 aliphatic heterocycles. The van der Waals surface area contributed by atoms with E-state index in [1.165, 1.54) is 6.92 Å². The Morgan fingerprint density at radius 2 is 2.04 bits per heavy atom. The number of benzene rings is 1. The molecule has 0 saturated heterocycles. The normalized spacial score (nSPS) is 17.4. The van der Waals surface area contributed by atoms with Gasteiger partial charge in [0, 0.05) is 10.2 Å². The summed E-state index contributed by atoms with van der Waals surface area (Å²) in [5.74, 6) is -1.15. The van der Waals surface area contributed by atoms with Crippen molar-refractivity contribution in [3.63, 3.8) is 0 Å². The van der Waals surface area contributed by atoms with Crippen molar-refractivity contribution in [3.8, 4) is 6.07 Å². The molecular formula is C17H20BrN3O3. The van der Waals surface area contributed by atoms with Gasteiger partial charge < -0.3 is 15.8 Å². The molecular weight excluding hydrogens is 374 g/mol. The number of carbonyl (C=O) groups excluding carboxylic acids is 2. The third kappa shape index (κ3) is 4.26. The number of nitrogens with two attached hydrogens (primary N) is 1. The molecule has 2 rings (SSSR count). The molecule has 7 heteroatoms. The van der Waals surface area contributed by atoms with Gasteiger partial charge in [0.2, 0.25) is 0 Å². The molecule has 0 unspecified atom stereocenters. The van der Waals surface area contributed by atoms with Gasteiger partial charge in [-0.2, -0.15) is 5.26 Å². The Morgan fingerprint density at radius 3 is 2.67 bits per heavy atom. The standard InChI is InChI=1S/C17H20BrN3O3/c1-11(15(22)21-17(10-19)7-3-2-4-8-17)24-16(23)13-9-12(18)5-6-14(13)20/h5-6,9,11H,2-4,7-8,20H2,1H3,(H,21,22)/t11-/m0/s1. The van der Waals surface area contributed by atoms with E-state index in [2.05, 4.69) is 27.3 Å². The van der Waals surface area contributed by atoms with Crippen LogP contribution < -0.4 is 11.1 Å². The number of halogens is 1. The van der Waals surface area contributed by atoms with Crippen LogP contribution in [-0.2, 0) is 9.53 Å². The molecule has 1 saturated carbocycles. The van der Waals surface area contributed by atoms with Crippen molar-refractivity contribution in [2.24, 2.45) is 0 Å². The van der Waals surface area contributed by atoms with Crippen molar-refractivity contribution in [2.45, 2.75) is 50.7 Å². The zero-order valence-electron chi connectivity index (χ0n) is 13.5. The Balaban J connectivity index is 2.02. The Hall–Kier alpha value is -2.07. The summed E-state index contributed by atoms with van der Waals surface area (Å²) in [5, 5.41) is 12.2. The van der Waals surface area contributed by atoms with Crippen LogP contribution in [0.15, 0.2) is 22.7 Å². The second kappa shape index (κ2) is 7.67. The van der Waals surface area contributed by atoms with Gasteiger partial charge in [-0.05, 0) is 38.0 Å². The van der Waals surface area contributed by atoms with E-state index in [0.717, 1.165) is 19.3 Å². The van der Waals surface area contributed by atoms with Crippen LogP contribution in [0.2, 0.25) is 0 Å². The molecule has 128 valence electrons. The van der Waals surface area contributed by atoms with E-state index in [4.69, 9.17) is 10.5 Å². The molecule has 1 amide bonds. The van der Waals surface area contributed by atoms with Crippen LogP contribution in [0.5, 0.6) is 0 Å². The molecule has 24 heavy (non-hydrogen) atoms. The van der Waals surface area contributed by atoms with E-state index in [1.807, 2.05) is 0 Å². The van der Waals surface area contributed by atoms with Crippen molar-refractivity contribution >= 4 is 33.5 Å². The summed E-state index contributed by atoms with van der Waals surface area (Å²) in [6.45, 7) is 1.48. The van der Waals surface area contributed by atoms with Gasteiger partial charge >= 0.3 is 5.97 Å². The number of ether oxygens (including phenoxy) is 1. The van der Waals surface area contributed by atoms with Crippen LogP contribution in [0, 0.1) is 11.3 Å². The lowest BCUT2D eigenvalue weighted by Gasteiger charge is -2.32. The summed E-state index contributed by atoms with van der Waals surface area (Å²) in [6.07, 6.45) is 3.09. The molecule has 0 bridgehead atoms. The van der Waals surface area contributed by atoms with Gasteiger partial charge in [-0.15, -0.1) is 0 Å². The fraction of sp³-hybridized carbons (Fsp3) is 0.471. The number of nitrogens with zero attached hydrogens (tertiary/aromatic N) is 1. The van der Waals surface area contributed by atoms with Crippen LogP contribution in [0.4, 0.5) is 5.69 Å².